The molecule has 0 amide bonds. The van der Waals surface area contributed by atoms with E-state index in [4.69, 9.17) is 0 Å². The monoisotopic (exact) mass is 398 g/mol. The first-order valence-corrected chi connectivity index (χ1v) is 5.11. The molecule has 0 N–H and O–H groups in total. The molecule has 0 heterocycles. The Morgan fingerprint density at radius 3 is 1.38 bits per heavy atom. The summed E-state index contributed by atoms with van der Waals surface area (Å²) < 4.78 is 1.53. The molecule has 13 heavy (non-hydrogen) atoms. The minimum atomic E-state index is 0. The molecular formula is C10H15Cl2Ir. The maximum atomic E-state index is 2.30. The molecule has 0 saturated heterocycles. The van der Waals surface area contributed by atoms with Crippen LogP contribution in [0.2, 0.25) is 0 Å². The smallest absolute Gasteiger partial charge is 1.00 e. The molecule has 0 saturated carbocycles. The molecule has 0 fully saturated rings. The first kappa shape index (κ1) is 16.2. The van der Waals surface area contributed by atoms with E-state index in [-0.39, 0.29) is 24.8 Å². The Morgan fingerprint density at radius 1 is 0.923 bits per heavy atom. The van der Waals surface area contributed by atoms with Crippen molar-refractivity contribution in [2.75, 3.05) is 0 Å². The third kappa shape index (κ3) is 2.39. The van der Waals surface area contributed by atoms with E-state index >= 15 is 0 Å². The second-order valence-corrected chi connectivity index (χ2v) is 4.99. The molecule has 1 aliphatic carbocycles. The van der Waals surface area contributed by atoms with Gasteiger partial charge in [-0.3, -0.25) is 0 Å². The predicted octanol–water partition coefficient (Wildman–Crippen LogP) is -2.81. The summed E-state index contributed by atoms with van der Waals surface area (Å²) >= 11 is 2.25. The van der Waals surface area contributed by atoms with Crippen LogP contribution in [0.3, 0.4) is 0 Å². The molecule has 0 unspecified atom stereocenters. The standard InChI is InChI=1S/C10H15.2ClH.Ir/c1-7-6-10(4,5)9(3)8(7)2;;;/h1-5H3;2*1H;/q;;;+2/p-2. The minimum Gasteiger partial charge on any atom is -1.00 e. The molecule has 78 valence electrons. The summed E-state index contributed by atoms with van der Waals surface area (Å²) in [4.78, 5) is 0. The number of halogens is 2. The fourth-order valence-corrected chi connectivity index (χ4v) is 2.43. The summed E-state index contributed by atoms with van der Waals surface area (Å²) in [6.07, 6.45) is 0. The van der Waals surface area contributed by atoms with E-state index in [1.165, 1.54) is 20.8 Å². The molecule has 0 aromatic carbocycles. The largest absolute Gasteiger partial charge is 1.00 e. The Labute approximate surface area is 104 Å². The maximum Gasteiger partial charge on any atom is -1.00 e. The summed E-state index contributed by atoms with van der Waals surface area (Å²) in [5.41, 5.74) is 4.83. The van der Waals surface area contributed by atoms with Gasteiger partial charge in [-0.15, -0.1) is 0 Å². The van der Waals surface area contributed by atoms with Crippen molar-refractivity contribution in [3.63, 3.8) is 0 Å². The number of allylic oxidation sites excluding steroid dienone is 4. The molecular weight excluding hydrogens is 383 g/mol. The van der Waals surface area contributed by atoms with Crippen molar-refractivity contribution in [3.8, 4) is 0 Å². The van der Waals surface area contributed by atoms with Crippen molar-refractivity contribution in [1.29, 1.82) is 0 Å². The quantitative estimate of drug-likeness (QED) is 0.414. The third-order valence-corrected chi connectivity index (χ3v) is 5.29. The van der Waals surface area contributed by atoms with Crippen molar-refractivity contribution < 1.29 is 43.7 Å². The second-order valence-electron chi connectivity index (χ2n) is 3.79. The van der Waals surface area contributed by atoms with Crippen LogP contribution in [0.25, 0.3) is 0 Å². The van der Waals surface area contributed by atoms with Crippen LogP contribution >= 0.6 is 0 Å². The van der Waals surface area contributed by atoms with E-state index < -0.39 is 0 Å². The Morgan fingerprint density at radius 2 is 1.31 bits per heavy atom. The van der Waals surface area contributed by atoms with Crippen molar-refractivity contribution >= 4 is 0 Å². The molecule has 3 heteroatoms. The molecule has 0 aliphatic heterocycles. The van der Waals surface area contributed by atoms with Gasteiger partial charge in [0.05, 0.1) is 0 Å². The van der Waals surface area contributed by atoms with Gasteiger partial charge in [0.1, 0.15) is 0 Å². The van der Waals surface area contributed by atoms with Crippen LogP contribution in [0.4, 0.5) is 0 Å². The number of hydrogen-bond acceptors (Lipinski definition) is 0. The van der Waals surface area contributed by atoms with E-state index in [1.807, 2.05) is 0 Å². The summed E-state index contributed by atoms with van der Waals surface area (Å²) in [6, 6.07) is 0. The van der Waals surface area contributed by atoms with E-state index in [0.29, 0.717) is 5.41 Å². The van der Waals surface area contributed by atoms with Gasteiger partial charge in [-0.25, -0.2) is 0 Å². The maximum absolute atomic E-state index is 2.30. The Hall–Kier alpha value is 0.709. The van der Waals surface area contributed by atoms with Crippen molar-refractivity contribution in [1.82, 2.24) is 0 Å². The van der Waals surface area contributed by atoms with E-state index in [0.717, 1.165) is 0 Å². The molecule has 0 nitrogen and oxygen atoms in total. The zero-order valence-corrected chi connectivity index (χ0v) is 12.5. The number of rotatable bonds is 0. The van der Waals surface area contributed by atoms with Crippen molar-refractivity contribution in [3.05, 3.63) is 20.8 Å². The summed E-state index contributed by atoms with van der Waals surface area (Å²) in [5.74, 6) is 0. The van der Waals surface area contributed by atoms with Gasteiger partial charge in [-0.2, -0.15) is 0 Å². The van der Waals surface area contributed by atoms with Gasteiger partial charge >= 0.3 is 79.7 Å². The van der Waals surface area contributed by atoms with Gasteiger partial charge in [-0.05, 0) is 0 Å². The fourth-order valence-electron chi connectivity index (χ4n) is 1.53. The molecule has 1 aliphatic rings. The summed E-state index contributed by atoms with van der Waals surface area (Å²) in [5, 5.41) is 0. The Bertz CT molecular complexity index is 236. The van der Waals surface area contributed by atoms with Crippen LogP contribution < -0.4 is 24.8 Å². The second kappa shape index (κ2) is 4.98. The van der Waals surface area contributed by atoms with Crippen LogP contribution in [-0.2, 0) is 18.9 Å². The predicted molar refractivity (Wildman–Crippen MR) is 44.9 cm³/mol. The zero-order valence-electron chi connectivity index (χ0n) is 8.59. The molecule has 0 aromatic rings. The van der Waals surface area contributed by atoms with Gasteiger partial charge in [-0.1, -0.05) is 0 Å². The Kier molecular flexibility index (Phi) is 6.18. The minimum absolute atomic E-state index is 0. The SMILES string of the molecule is CC1=C(C)C(C)(C)[C]([Ir+2])=C1C.[Cl-].[Cl-]. The summed E-state index contributed by atoms with van der Waals surface area (Å²) in [6.45, 7) is 11.3. The van der Waals surface area contributed by atoms with Crippen LogP contribution in [0.1, 0.15) is 34.6 Å². The van der Waals surface area contributed by atoms with Crippen molar-refractivity contribution in [2.24, 2.45) is 5.41 Å². The zero-order chi connectivity index (χ0) is 8.81. The third-order valence-electron chi connectivity index (χ3n) is 2.90. The topological polar surface area (TPSA) is 0 Å². The van der Waals surface area contributed by atoms with Gasteiger partial charge in [0.2, 0.25) is 0 Å². The van der Waals surface area contributed by atoms with Crippen LogP contribution in [0.15, 0.2) is 20.8 Å². The summed E-state index contributed by atoms with van der Waals surface area (Å²) in [7, 11) is 0. The molecule has 0 spiro atoms. The van der Waals surface area contributed by atoms with E-state index in [9.17, 15) is 0 Å². The van der Waals surface area contributed by atoms with Crippen LogP contribution in [0.5, 0.6) is 0 Å². The number of hydrogen-bond donors (Lipinski definition) is 0. The average Bonchev–Trinajstić information content (AvgIpc) is 2.06. The van der Waals surface area contributed by atoms with Gasteiger partial charge in [0.15, 0.2) is 0 Å². The molecule has 0 bridgehead atoms. The average molecular weight is 398 g/mol. The van der Waals surface area contributed by atoms with Crippen LogP contribution in [0, 0.1) is 5.41 Å². The van der Waals surface area contributed by atoms with Gasteiger partial charge in [0, 0.05) is 0 Å². The fraction of sp³-hybridized carbons (Fsp3) is 0.600. The van der Waals surface area contributed by atoms with E-state index in [2.05, 4.69) is 53.5 Å². The first-order valence-electron chi connectivity index (χ1n) is 3.92. The molecule has 1 rings (SSSR count). The van der Waals surface area contributed by atoms with Crippen LogP contribution in [-0.4, -0.2) is 0 Å². The first-order chi connectivity index (χ1) is 4.89. The molecule has 0 radical (unpaired) electrons. The van der Waals surface area contributed by atoms with E-state index in [1.54, 1.807) is 0 Å². The normalized spacial score (nSPS) is 19.8. The van der Waals surface area contributed by atoms with Gasteiger partial charge in [0.25, 0.3) is 0 Å². The van der Waals surface area contributed by atoms with Gasteiger partial charge < -0.3 is 24.8 Å². The molecule has 0 atom stereocenters. The van der Waals surface area contributed by atoms with Crippen molar-refractivity contribution in [2.45, 2.75) is 34.6 Å². The molecule has 0 aromatic heterocycles. The Balaban J connectivity index is 0.